The van der Waals surface area contributed by atoms with Crippen molar-refractivity contribution in [3.05, 3.63) is 66.2 Å². The molecule has 1 amide bonds. The molecule has 1 atom stereocenters. The van der Waals surface area contributed by atoms with Crippen LogP contribution in [0.25, 0.3) is 11.1 Å². The first kappa shape index (κ1) is 26.0. The van der Waals surface area contributed by atoms with E-state index < -0.39 is 0 Å². The van der Waals surface area contributed by atoms with Crippen LogP contribution in [-0.2, 0) is 11.3 Å². The number of hydrogen-bond acceptors (Lipinski definition) is 10. The van der Waals surface area contributed by atoms with Crippen molar-refractivity contribution in [2.24, 2.45) is 0 Å². The minimum Gasteiger partial charge on any atom is -0.495 e. The van der Waals surface area contributed by atoms with Gasteiger partial charge < -0.3 is 24.4 Å². The second-order valence-electron chi connectivity index (χ2n) is 9.18. The van der Waals surface area contributed by atoms with E-state index in [4.69, 9.17) is 14.2 Å². The monoisotopic (exact) mass is 530 g/mol. The minimum absolute atomic E-state index is 0.0463. The molecule has 1 aliphatic heterocycles. The summed E-state index contributed by atoms with van der Waals surface area (Å²) in [7, 11) is 1.56. The lowest BCUT2D eigenvalue weighted by Crippen LogP contribution is -2.40. The summed E-state index contributed by atoms with van der Waals surface area (Å²) in [6.45, 7) is 6.76. The maximum Gasteiger partial charge on any atom is 0.254 e. The number of methoxy groups -OCH3 is 1. The summed E-state index contributed by atoms with van der Waals surface area (Å²) in [5, 5.41) is 14.4. The maximum atomic E-state index is 12.8. The summed E-state index contributed by atoms with van der Waals surface area (Å²) in [6.07, 6.45) is 4.93. The molecule has 0 spiro atoms. The number of rotatable bonds is 9. The molecule has 2 aromatic heterocycles. The Balaban J connectivity index is 1.27. The first-order valence-electron chi connectivity index (χ1n) is 12.6. The molecule has 4 aromatic rings. The smallest absolute Gasteiger partial charge is 0.254 e. The van der Waals surface area contributed by atoms with Gasteiger partial charge in [0, 0.05) is 36.6 Å². The summed E-state index contributed by atoms with van der Waals surface area (Å²) in [6, 6.07) is 11.3. The van der Waals surface area contributed by atoms with Crippen LogP contribution in [0.1, 0.15) is 22.8 Å². The summed E-state index contributed by atoms with van der Waals surface area (Å²) in [5.41, 5.74) is 4.01. The molecular weight excluding hydrogens is 500 g/mol. The molecule has 3 heterocycles. The highest BCUT2D eigenvalue weighted by molar-refractivity contribution is 5.95. The third-order valence-electron chi connectivity index (χ3n) is 6.33. The zero-order valence-corrected chi connectivity index (χ0v) is 22.1. The normalized spacial score (nSPS) is 14.1. The number of aryl methyl sites for hydroxylation is 1. The third-order valence-corrected chi connectivity index (χ3v) is 6.33. The van der Waals surface area contributed by atoms with E-state index >= 15 is 0 Å². The summed E-state index contributed by atoms with van der Waals surface area (Å²) in [5.74, 6) is 1.66. The van der Waals surface area contributed by atoms with Crippen molar-refractivity contribution in [1.29, 1.82) is 0 Å². The van der Waals surface area contributed by atoms with Crippen molar-refractivity contribution in [3.8, 4) is 22.6 Å². The van der Waals surface area contributed by atoms with Crippen LogP contribution in [0, 0.1) is 6.92 Å². The van der Waals surface area contributed by atoms with Gasteiger partial charge >= 0.3 is 0 Å². The number of amides is 1. The van der Waals surface area contributed by atoms with Crippen LogP contribution in [0.2, 0.25) is 0 Å². The number of benzene rings is 2. The van der Waals surface area contributed by atoms with E-state index in [1.165, 1.54) is 0 Å². The standard InChI is InChI=1S/C27H30N8O4/c1-18-4-5-20(12-24(18)39-19(2)16-35-17-30-32-33-35)22-14-28-27(29-15-22)31-23-7-6-21(13-25(23)37-3)26(36)34-8-10-38-11-9-34/h4-7,12-15,17,19H,8-11,16H2,1-3H3,(H,28,29,31)/t19-/m0/s1. The van der Waals surface area contributed by atoms with Crippen LogP contribution < -0.4 is 14.8 Å². The van der Waals surface area contributed by atoms with Gasteiger partial charge in [-0.05, 0) is 59.7 Å². The van der Waals surface area contributed by atoms with Crippen molar-refractivity contribution < 1.29 is 19.0 Å². The molecule has 39 heavy (non-hydrogen) atoms. The highest BCUT2D eigenvalue weighted by Gasteiger charge is 2.20. The molecule has 0 unspecified atom stereocenters. The fourth-order valence-electron chi connectivity index (χ4n) is 4.23. The Morgan fingerprint density at radius 2 is 1.87 bits per heavy atom. The van der Waals surface area contributed by atoms with E-state index in [9.17, 15) is 4.79 Å². The van der Waals surface area contributed by atoms with Crippen molar-refractivity contribution in [3.63, 3.8) is 0 Å². The van der Waals surface area contributed by atoms with Gasteiger partial charge in [-0.1, -0.05) is 12.1 Å². The Labute approximate surface area is 225 Å². The Kier molecular flexibility index (Phi) is 7.92. The quantitative estimate of drug-likeness (QED) is 0.344. The zero-order chi connectivity index (χ0) is 27.2. The number of carbonyl (C=O) groups excluding carboxylic acids is 1. The predicted octanol–water partition coefficient (Wildman–Crippen LogP) is 3.13. The number of tetrazole rings is 1. The van der Waals surface area contributed by atoms with Crippen molar-refractivity contribution in [1.82, 2.24) is 35.1 Å². The minimum atomic E-state index is -0.129. The van der Waals surface area contributed by atoms with E-state index in [0.717, 1.165) is 22.4 Å². The Morgan fingerprint density at radius 3 is 2.59 bits per heavy atom. The molecule has 0 bridgehead atoms. The van der Waals surface area contributed by atoms with E-state index in [1.54, 1.807) is 53.6 Å². The molecule has 2 aromatic carbocycles. The average Bonchev–Trinajstić information content (AvgIpc) is 3.48. The fourth-order valence-corrected chi connectivity index (χ4v) is 4.23. The molecule has 1 fully saturated rings. The molecule has 0 saturated carbocycles. The molecule has 0 aliphatic carbocycles. The van der Waals surface area contributed by atoms with Gasteiger partial charge in [0.2, 0.25) is 5.95 Å². The number of carbonyl (C=O) groups is 1. The molecular formula is C27H30N8O4. The topological polar surface area (TPSA) is 129 Å². The number of hydrogen-bond donors (Lipinski definition) is 1. The number of anilines is 2. The van der Waals surface area contributed by atoms with Crippen molar-refractivity contribution in [2.75, 3.05) is 38.7 Å². The Morgan fingerprint density at radius 1 is 1.08 bits per heavy atom. The second kappa shape index (κ2) is 11.9. The van der Waals surface area contributed by atoms with E-state index in [2.05, 4.69) is 30.8 Å². The average molecular weight is 531 g/mol. The molecule has 0 radical (unpaired) electrons. The Hall–Kier alpha value is -4.58. The molecule has 5 rings (SSSR count). The van der Waals surface area contributed by atoms with Crippen LogP contribution in [-0.4, -0.2) is 80.5 Å². The van der Waals surface area contributed by atoms with Gasteiger partial charge in [0.15, 0.2) is 0 Å². The molecule has 1 saturated heterocycles. The van der Waals surface area contributed by atoms with Gasteiger partial charge in [0.25, 0.3) is 5.91 Å². The van der Waals surface area contributed by atoms with Gasteiger partial charge in [-0.15, -0.1) is 5.10 Å². The highest BCUT2D eigenvalue weighted by Crippen LogP contribution is 2.30. The highest BCUT2D eigenvalue weighted by atomic mass is 16.5. The predicted molar refractivity (Wildman–Crippen MR) is 143 cm³/mol. The molecule has 12 nitrogen and oxygen atoms in total. The first-order valence-corrected chi connectivity index (χ1v) is 12.6. The van der Waals surface area contributed by atoms with E-state index in [-0.39, 0.29) is 12.0 Å². The molecule has 1 N–H and O–H groups in total. The largest absolute Gasteiger partial charge is 0.495 e. The van der Waals surface area contributed by atoms with Gasteiger partial charge in [0.05, 0.1) is 32.6 Å². The maximum absolute atomic E-state index is 12.8. The number of nitrogens with one attached hydrogen (secondary N) is 1. The molecule has 202 valence electrons. The molecule has 1 aliphatic rings. The number of aromatic nitrogens is 6. The third kappa shape index (κ3) is 6.29. The lowest BCUT2D eigenvalue weighted by atomic mass is 10.1. The van der Waals surface area contributed by atoms with Crippen LogP contribution >= 0.6 is 0 Å². The number of nitrogens with zero attached hydrogens (tertiary/aromatic N) is 7. The van der Waals surface area contributed by atoms with Crippen LogP contribution in [0.4, 0.5) is 11.6 Å². The van der Waals surface area contributed by atoms with Crippen molar-refractivity contribution >= 4 is 17.5 Å². The number of morpholine rings is 1. The Bertz CT molecular complexity index is 1410. The first-order chi connectivity index (χ1) is 19.0. The van der Waals surface area contributed by atoms with Crippen LogP contribution in [0.3, 0.4) is 0 Å². The zero-order valence-electron chi connectivity index (χ0n) is 22.1. The summed E-state index contributed by atoms with van der Waals surface area (Å²) in [4.78, 5) is 23.6. The van der Waals surface area contributed by atoms with Crippen LogP contribution in [0.15, 0.2) is 55.1 Å². The van der Waals surface area contributed by atoms with E-state index in [0.29, 0.717) is 55.8 Å². The van der Waals surface area contributed by atoms with Gasteiger partial charge in [-0.2, -0.15) is 0 Å². The summed E-state index contributed by atoms with van der Waals surface area (Å²) < 4.78 is 18.7. The fraction of sp³-hybridized carbons (Fsp3) is 0.333. The number of ether oxygens (including phenoxy) is 3. The SMILES string of the molecule is COc1cc(C(=O)N2CCOCC2)ccc1Nc1ncc(-c2ccc(C)c(O[C@@H](C)Cn3cnnn3)c2)cn1. The van der Waals surface area contributed by atoms with Gasteiger partial charge in [-0.3, -0.25) is 4.79 Å². The van der Waals surface area contributed by atoms with E-state index in [1.807, 2.05) is 32.0 Å². The lowest BCUT2D eigenvalue weighted by Gasteiger charge is -2.27. The van der Waals surface area contributed by atoms with Gasteiger partial charge in [0.1, 0.15) is 23.9 Å². The van der Waals surface area contributed by atoms with Gasteiger partial charge in [-0.25, -0.2) is 14.6 Å². The lowest BCUT2D eigenvalue weighted by molar-refractivity contribution is 0.0302. The molecule has 12 heteroatoms. The van der Waals surface area contributed by atoms with Crippen molar-refractivity contribution in [2.45, 2.75) is 26.5 Å². The summed E-state index contributed by atoms with van der Waals surface area (Å²) >= 11 is 0. The van der Waals surface area contributed by atoms with Crippen LogP contribution in [0.5, 0.6) is 11.5 Å². The second-order valence-corrected chi connectivity index (χ2v) is 9.18.